The summed E-state index contributed by atoms with van der Waals surface area (Å²) in [4.78, 5) is 17.7. The Morgan fingerprint density at radius 1 is 1.12 bits per heavy atom. The molecule has 25 heavy (non-hydrogen) atoms. The summed E-state index contributed by atoms with van der Waals surface area (Å²) in [5.41, 5.74) is 1.32. The van der Waals surface area contributed by atoms with Crippen LogP contribution in [0.25, 0.3) is 0 Å². The molecule has 0 saturated carbocycles. The number of nitrogens with zero attached hydrogens (tertiary/aromatic N) is 4. The molecule has 4 heterocycles. The van der Waals surface area contributed by atoms with Crippen molar-refractivity contribution >= 4 is 5.91 Å². The minimum Gasteiger partial charge on any atom is -0.381 e. The predicted octanol–water partition coefficient (Wildman–Crippen LogP) is 1.77. The van der Waals surface area contributed by atoms with E-state index in [0.29, 0.717) is 17.9 Å². The molecule has 1 amide bonds. The fourth-order valence-corrected chi connectivity index (χ4v) is 4.80. The van der Waals surface area contributed by atoms with Crippen molar-refractivity contribution in [1.82, 2.24) is 19.6 Å². The highest BCUT2D eigenvalue weighted by molar-refractivity contribution is 5.82. The van der Waals surface area contributed by atoms with Gasteiger partial charge in [-0.15, -0.1) is 0 Å². The molecule has 3 aliphatic rings. The molecule has 3 saturated heterocycles. The molecule has 1 aromatic rings. The first-order valence-electron chi connectivity index (χ1n) is 9.83. The molecule has 3 fully saturated rings. The van der Waals surface area contributed by atoms with Crippen molar-refractivity contribution in [2.75, 3.05) is 32.8 Å². The zero-order valence-electron chi connectivity index (χ0n) is 15.3. The first-order chi connectivity index (χ1) is 12.2. The number of amides is 1. The summed E-state index contributed by atoms with van der Waals surface area (Å²) in [5, 5.41) is 4.29. The van der Waals surface area contributed by atoms with Crippen molar-refractivity contribution in [3.63, 3.8) is 0 Å². The van der Waals surface area contributed by atoms with E-state index in [2.05, 4.69) is 21.1 Å². The van der Waals surface area contributed by atoms with Gasteiger partial charge in [0, 0.05) is 45.6 Å². The number of aromatic nitrogens is 2. The van der Waals surface area contributed by atoms with E-state index in [0.717, 1.165) is 71.4 Å². The Kier molecular flexibility index (Phi) is 5.08. The van der Waals surface area contributed by atoms with Gasteiger partial charge < -0.3 is 9.64 Å². The monoisotopic (exact) mass is 346 g/mol. The SMILES string of the molecule is Cn1cc(C2CCN(C(=O)C3CCCN3C3CCOCC3)CC2)cn1. The van der Waals surface area contributed by atoms with Crippen LogP contribution in [0, 0.1) is 0 Å². The number of hydrogen-bond donors (Lipinski definition) is 0. The van der Waals surface area contributed by atoms with Crippen LogP contribution in [0.15, 0.2) is 12.4 Å². The van der Waals surface area contributed by atoms with E-state index in [1.165, 1.54) is 5.56 Å². The molecule has 0 radical (unpaired) electrons. The lowest BCUT2D eigenvalue weighted by molar-refractivity contribution is -0.138. The zero-order chi connectivity index (χ0) is 17.2. The Morgan fingerprint density at radius 2 is 1.88 bits per heavy atom. The second kappa shape index (κ2) is 7.46. The van der Waals surface area contributed by atoms with Crippen molar-refractivity contribution in [1.29, 1.82) is 0 Å². The maximum atomic E-state index is 13.1. The number of carbonyl (C=O) groups is 1. The number of hydrogen-bond acceptors (Lipinski definition) is 4. The average molecular weight is 346 g/mol. The second-order valence-corrected chi connectivity index (χ2v) is 7.79. The van der Waals surface area contributed by atoms with Crippen LogP contribution in [0.1, 0.15) is 50.0 Å². The molecule has 3 aliphatic heterocycles. The normalized spacial score (nSPS) is 27.1. The summed E-state index contributed by atoms with van der Waals surface area (Å²) in [6.07, 6.45) is 10.5. The fraction of sp³-hybridized carbons (Fsp3) is 0.789. The molecule has 0 N–H and O–H groups in total. The van der Waals surface area contributed by atoms with E-state index in [4.69, 9.17) is 4.74 Å². The largest absolute Gasteiger partial charge is 0.381 e. The standard InChI is InChI=1S/C19H30N4O2/c1-21-14-16(13-20-21)15-4-9-22(10-5-15)19(24)18-3-2-8-23(18)17-6-11-25-12-7-17/h13-15,17-18H,2-12H2,1H3. The number of likely N-dealkylation sites (tertiary alicyclic amines) is 2. The van der Waals surface area contributed by atoms with Crippen molar-refractivity contribution in [2.24, 2.45) is 7.05 Å². The van der Waals surface area contributed by atoms with Crippen LogP contribution in [0.5, 0.6) is 0 Å². The summed E-state index contributed by atoms with van der Waals surface area (Å²) < 4.78 is 7.37. The second-order valence-electron chi connectivity index (χ2n) is 7.79. The third-order valence-electron chi connectivity index (χ3n) is 6.24. The Bertz CT molecular complexity index is 588. The van der Waals surface area contributed by atoms with Crippen LogP contribution in [0.2, 0.25) is 0 Å². The molecule has 1 aromatic heterocycles. The summed E-state index contributed by atoms with van der Waals surface area (Å²) in [6.45, 7) is 4.54. The van der Waals surface area contributed by atoms with Crippen molar-refractivity contribution < 1.29 is 9.53 Å². The highest BCUT2D eigenvalue weighted by atomic mass is 16.5. The number of aryl methyl sites for hydroxylation is 1. The first-order valence-corrected chi connectivity index (χ1v) is 9.83. The summed E-state index contributed by atoms with van der Waals surface area (Å²) in [5.74, 6) is 0.918. The van der Waals surface area contributed by atoms with Gasteiger partial charge in [0.05, 0.1) is 12.2 Å². The van der Waals surface area contributed by atoms with Gasteiger partial charge in [0.1, 0.15) is 0 Å². The van der Waals surface area contributed by atoms with Gasteiger partial charge in [0.2, 0.25) is 5.91 Å². The van der Waals surface area contributed by atoms with Gasteiger partial charge in [0.15, 0.2) is 0 Å². The molecule has 0 spiro atoms. The molecule has 1 unspecified atom stereocenters. The molecule has 1 atom stereocenters. The lowest BCUT2D eigenvalue weighted by atomic mass is 9.91. The maximum Gasteiger partial charge on any atom is 0.239 e. The van der Waals surface area contributed by atoms with Crippen LogP contribution in [-0.4, -0.2) is 70.4 Å². The van der Waals surface area contributed by atoms with Gasteiger partial charge in [-0.3, -0.25) is 14.4 Å². The van der Waals surface area contributed by atoms with Gasteiger partial charge in [0.25, 0.3) is 0 Å². The molecule has 0 aromatic carbocycles. The lowest BCUT2D eigenvalue weighted by Crippen LogP contribution is -2.52. The van der Waals surface area contributed by atoms with Crippen LogP contribution in [0.3, 0.4) is 0 Å². The van der Waals surface area contributed by atoms with Gasteiger partial charge in [-0.1, -0.05) is 0 Å². The van der Waals surface area contributed by atoms with Crippen molar-refractivity contribution in [3.05, 3.63) is 18.0 Å². The minimum atomic E-state index is 0.109. The Hall–Kier alpha value is -1.40. The molecular weight excluding hydrogens is 316 g/mol. The van der Waals surface area contributed by atoms with Gasteiger partial charge in [-0.2, -0.15) is 5.10 Å². The Labute approximate surface area is 150 Å². The topological polar surface area (TPSA) is 50.6 Å². The van der Waals surface area contributed by atoms with E-state index >= 15 is 0 Å². The average Bonchev–Trinajstić information content (AvgIpc) is 3.31. The molecular formula is C19H30N4O2. The minimum absolute atomic E-state index is 0.109. The third kappa shape index (κ3) is 3.60. The van der Waals surface area contributed by atoms with Crippen molar-refractivity contribution in [2.45, 2.75) is 56.5 Å². The van der Waals surface area contributed by atoms with Gasteiger partial charge in [-0.05, 0) is 56.6 Å². The highest BCUT2D eigenvalue weighted by Gasteiger charge is 2.38. The first kappa shape index (κ1) is 17.0. The van der Waals surface area contributed by atoms with E-state index in [1.54, 1.807) is 0 Å². The Balaban J connectivity index is 1.35. The molecule has 0 aliphatic carbocycles. The zero-order valence-corrected chi connectivity index (χ0v) is 15.3. The molecule has 6 nitrogen and oxygen atoms in total. The van der Waals surface area contributed by atoms with Crippen LogP contribution in [-0.2, 0) is 16.6 Å². The highest BCUT2D eigenvalue weighted by Crippen LogP contribution is 2.31. The van der Waals surface area contributed by atoms with Crippen molar-refractivity contribution in [3.8, 4) is 0 Å². The van der Waals surface area contributed by atoms with E-state index in [9.17, 15) is 4.79 Å². The van der Waals surface area contributed by atoms with Crippen LogP contribution in [0.4, 0.5) is 0 Å². The van der Waals surface area contributed by atoms with Crippen LogP contribution >= 0.6 is 0 Å². The fourth-order valence-electron chi connectivity index (χ4n) is 4.80. The molecule has 4 rings (SSSR count). The smallest absolute Gasteiger partial charge is 0.239 e. The van der Waals surface area contributed by atoms with Crippen LogP contribution < -0.4 is 0 Å². The maximum absolute atomic E-state index is 13.1. The van der Waals surface area contributed by atoms with E-state index in [1.807, 2.05) is 17.9 Å². The Morgan fingerprint density at radius 3 is 2.56 bits per heavy atom. The number of ether oxygens (including phenoxy) is 1. The summed E-state index contributed by atoms with van der Waals surface area (Å²) >= 11 is 0. The number of piperidine rings is 1. The molecule has 0 bridgehead atoms. The van der Waals surface area contributed by atoms with E-state index in [-0.39, 0.29) is 6.04 Å². The number of rotatable bonds is 3. The van der Waals surface area contributed by atoms with Gasteiger partial charge in [-0.25, -0.2) is 0 Å². The summed E-state index contributed by atoms with van der Waals surface area (Å²) in [7, 11) is 1.97. The predicted molar refractivity (Wildman–Crippen MR) is 95.3 cm³/mol. The molecule has 138 valence electrons. The van der Waals surface area contributed by atoms with Gasteiger partial charge >= 0.3 is 0 Å². The molecule has 6 heteroatoms. The third-order valence-corrected chi connectivity index (χ3v) is 6.24. The lowest BCUT2D eigenvalue weighted by Gasteiger charge is -2.39. The summed E-state index contributed by atoms with van der Waals surface area (Å²) in [6, 6.07) is 0.649. The number of carbonyl (C=O) groups excluding carboxylic acids is 1. The quantitative estimate of drug-likeness (QED) is 0.837. The van der Waals surface area contributed by atoms with E-state index < -0.39 is 0 Å².